The number of morpholine rings is 1. The number of ether oxygens (including phenoxy) is 1. The van der Waals surface area contributed by atoms with Crippen LogP contribution in [0.25, 0.3) is 0 Å². The van der Waals surface area contributed by atoms with Gasteiger partial charge >= 0.3 is 16.6 Å². The zero-order valence-electron chi connectivity index (χ0n) is 11.1. The van der Waals surface area contributed by atoms with E-state index in [0.29, 0.717) is 18.3 Å². The molecule has 0 spiro atoms. The van der Waals surface area contributed by atoms with Gasteiger partial charge in [0.1, 0.15) is 0 Å². The molecule has 1 amide bonds. The first kappa shape index (κ1) is 18.1. The molecule has 1 aromatic heterocycles. The topological polar surface area (TPSA) is 63.7 Å². The Kier molecular flexibility index (Phi) is 8.27. The molecule has 0 aliphatic carbocycles. The van der Waals surface area contributed by atoms with Gasteiger partial charge in [-0.1, -0.05) is 6.61 Å². The van der Waals surface area contributed by atoms with Gasteiger partial charge in [0.05, 0.1) is 6.10 Å². The number of hydrogen-bond acceptors (Lipinski definition) is 6. The third kappa shape index (κ3) is 5.81. The first-order valence-electron chi connectivity index (χ1n) is 5.90. The minimum atomic E-state index is -0.100. The largest absolute Gasteiger partial charge is 0.514 e. The fourth-order valence-electron chi connectivity index (χ4n) is 1.80. The number of nitrogens with zero attached hydrogens (tertiary/aromatic N) is 2. The number of thiazole rings is 1. The molecule has 0 aromatic carbocycles. The van der Waals surface area contributed by atoms with E-state index >= 15 is 0 Å². The van der Waals surface area contributed by atoms with Crippen molar-refractivity contribution in [3.05, 3.63) is 17.6 Å². The maximum atomic E-state index is 10.9. The predicted octanol–water partition coefficient (Wildman–Crippen LogP) is 0.562. The molecule has 20 heavy (non-hydrogen) atoms. The molecule has 9 heteroatoms. The normalized spacial score (nSPS) is 19.4. The van der Waals surface area contributed by atoms with Crippen molar-refractivity contribution >= 4 is 39.0 Å². The SMILES string of the molecule is CC(=O)Nc1ncc(CN2[CH-]CO[C@H](C[O][Al])C2)s1.[Cr]. The van der Waals surface area contributed by atoms with Crippen LogP contribution in [0.3, 0.4) is 0 Å². The summed E-state index contributed by atoms with van der Waals surface area (Å²) in [6.45, 7) is 6.22. The Morgan fingerprint density at radius 3 is 3.30 bits per heavy atom. The van der Waals surface area contributed by atoms with E-state index in [4.69, 9.17) is 8.53 Å². The van der Waals surface area contributed by atoms with Gasteiger partial charge in [0.25, 0.3) is 0 Å². The Morgan fingerprint density at radius 2 is 2.60 bits per heavy atom. The van der Waals surface area contributed by atoms with Crippen molar-refractivity contribution < 1.29 is 30.7 Å². The molecule has 2 radical (unpaired) electrons. The van der Waals surface area contributed by atoms with E-state index in [1.165, 1.54) is 18.3 Å². The number of carbonyl (C=O) groups is 1. The van der Waals surface area contributed by atoms with Crippen molar-refractivity contribution in [1.82, 2.24) is 9.88 Å². The van der Waals surface area contributed by atoms with Gasteiger partial charge in [0, 0.05) is 48.5 Å². The molecule has 1 aliphatic rings. The number of aromatic nitrogens is 1. The van der Waals surface area contributed by atoms with Gasteiger partial charge in [0.2, 0.25) is 5.91 Å². The molecule has 108 valence electrons. The summed E-state index contributed by atoms with van der Waals surface area (Å²) in [7, 11) is 0. The van der Waals surface area contributed by atoms with Gasteiger partial charge in [0.15, 0.2) is 5.13 Å². The Morgan fingerprint density at radius 1 is 1.80 bits per heavy atom. The monoisotopic (exact) mass is 348 g/mol. The second-order valence-corrected chi connectivity index (χ2v) is 5.66. The first-order valence-corrected chi connectivity index (χ1v) is 7.19. The number of rotatable bonds is 5. The molecule has 0 saturated carbocycles. The van der Waals surface area contributed by atoms with E-state index < -0.39 is 0 Å². The molecule has 1 aliphatic heterocycles. The van der Waals surface area contributed by atoms with Crippen molar-refractivity contribution in [1.29, 1.82) is 0 Å². The van der Waals surface area contributed by atoms with Gasteiger partial charge in [-0.25, -0.2) is 11.5 Å². The molecule has 2 heterocycles. The van der Waals surface area contributed by atoms with Crippen LogP contribution in [0.2, 0.25) is 0 Å². The zero-order chi connectivity index (χ0) is 13.7. The van der Waals surface area contributed by atoms with Gasteiger partial charge in [-0.2, -0.15) is 0 Å². The Balaban J connectivity index is 0.00000200. The fraction of sp³-hybridized carbons (Fsp3) is 0.545. The summed E-state index contributed by atoms with van der Waals surface area (Å²) in [5, 5.41) is 3.32. The molecule has 0 bridgehead atoms. The van der Waals surface area contributed by atoms with Crippen molar-refractivity contribution in [2.45, 2.75) is 19.6 Å². The standard InChI is InChI=1S/C11H15N3O3S.Al.Cr/c1-8(16)13-11-12-4-10(18-11)6-14-2-3-17-9(5-14)7-15;;/h2,4,9H,3,5-7H2,1H3,(H,12,13,16);;/q-2;+1;/t9-;;/m0../s1. The molecule has 1 N–H and O–H groups in total. The summed E-state index contributed by atoms with van der Waals surface area (Å²) in [5.41, 5.74) is 0. The van der Waals surface area contributed by atoms with Crippen LogP contribution in [0.1, 0.15) is 11.8 Å². The fourth-order valence-corrected chi connectivity index (χ4v) is 2.90. The summed E-state index contributed by atoms with van der Waals surface area (Å²) in [6.07, 6.45) is 1.88. The van der Waals surface area contributed by atoms with Crippen LogP contribution in [0.4, 0.5) is 5.13 Å². The predicted molar refractivity (Wildman–Crippen MR) is 72.6 cm³/mol. The molecule has 2 rings (SSSR count). The Labute approximate surface area is 141 Å². The van der Waals surface area contributed by atoms with E-state index in [1.807, 2.05) is 6.54 Å². The first-order chi connectivity index (χ1) is 9.17. The average molecular weight is 348 g/mol. The third-order valence-corrected chi connectivity index (χ3v) is 3.67. The molecule has 6 nitrogen and oxygen atoms in total. The molecule has 1 atom stereocenters. The Bertz CT molecular complexity index is 433. The van der Waals surface area contributed by atoms with Gasteiger partial charge in [-0.15, -0.1) is 11.3 Å². The maximum Gasteiger partial charge on any atom is 0.369 e. The number of amides is 1. The summed E-state index contributed by atoms with van der Waals surface area (Å²) in [6, 6.07) is 0. The minimum absolute atomic E-state index is 0. The average Bonchev–Trinajstić information content (AvgIpc) is 2.76. The maximum absolute atomic E-state index is 10.9. The summed E-state index contributed by atoms with van der Waals surface area (Å²) in [4.78, 5) is 18.4. The Hall–Kier alpha value is 0.0449. The molecule has 1 saturated heterocycles. The van der Waals surface area contributed by atoms with Crippen LogP contribution in [0, 0.1) is 6.54 Å². The van der Waals surface area contributed by atoms with Crippen LogP contribution in [-0.4, -0.2) is 58.3 Å². The molecule has 1 fully saturated rings. The van der Waals surface area contributed by atoms with Crippen molar-refractivity contribution in [2.75, 3.05) is 25.1 Å². The van der Waals surface area contributed by atoms with Crippen LogP contribution in [0.5, 0.6) is 0 Å². The molecular formula is C11H15AlCrN3O3S-. The van der Waals surface area contributed by atoms with E-state index in [2.05, 4.69) is 31.8 Å². The van der Waals surface area contributed by atoms with Crippen molar-refractivity contribution in [2.24, 2.45) is 0 Å². The number of nitrogens with one attached hydrogen (secondary N) is 1. The second kappa shape index (κ2) is 9.14. The van der Waals surface area contributed by atoms with Gasteiger partial charge in [-0.05, 0) is 6.54 Å². The minimum Gasteiger partial charge on any atom is -0.514 e. The molecule has 1 aromatic rings. The third-order valence-electron chi connectivity index (χ3n) is 2.58. The van der Waals surface area contributed by atoms with Crippen molar-refractivity contribution in [3.8, 4) is 0 Å². The molecule has 0 unspecified atom stereocenters. The number of carbonyl (C=O) groups excluding carboxylic acids is 1. The quantitative estimate of drug-likeness (QED) is 0.622. The number of hydrogen-bond donors (Lipinski definition) is 1. The van der Waals surface area contributed by atoms with Gasteiger partial charge in [-0.3, -0.25) is 4.79 Å². The van der Waals surface area contributed by atoms with E-state index in [-0.39, 0.29) is 29.4 Å². The zero-order valence-corrected chi connectivity index (χ0v) is 14.3. The second-order valence-electron chi connectivity index (χ2n) is 4.21. The van der Waals surface area contributed by atoms with E-state index in [1.54, 1.807) is 6.20 Å². The van der Waals surface area contributed by atoms with Gasteiger partial charge < -0.3 is 18.7 Å². The summed E-state index contributed by atoms with van der Waals surface area (Å²) >= 11 is 3.73. The smallest absolute Gasteiger partial charge is 0.369 e. The summed E-state index contributed by atoms with van der Waals surface area (Å²) in [5.74, 6) is -0.100. The van der Waals surface area contributed by atoms with Crippen LogP contribution in [-0.2, 0) is 37.2 Å². The number of anilines is 1. The van der Waals surface area contributed by atoms with Crippen LogP contribution < -0.4 is 5.32 Å². The van der Waals surface area contributed by atoms with Crippen molar-refractivity contribution in [3.63, 3.8) is 0 Å². The van der Waals surface area contributed by atoms with Crippen LogP contribution >= 0.6 is 11.3 Å². The van der Waals surface area contributed by atoms with Crippen LogP contribution in [0.15, 0.2) is 6.20 Å². The van der Waals surface area contributed by atoms with E-state index in [0.717, 1.165) is 18.0 Å². The molecular weight excluding hydrogens is 333 g/mol. The van der Waals surface area contributed by atoms with E-state index in [9.17, 15) is 4.79 Å². The summed E-state index contributed by atoms with van der Waals surface area (Å²) < 4.78 is 10.6.